The van der Waals surface area contributed by atoms with Gasteiger partial charge >= 0.3 is 22.5 Å². The Kier molecular flexibility index (Phi) is 29.3. The predicted octanol–water partition coefficient (Wildman–Crippen LogP) is 13.6. The number of ether oxygens (including phenoxy) is 4. The van der Waals surface area contributed by atoms with Crippen LogP contribution in [-0.4, -0.2) is 65.3 Å². The van der Waals surface area contributed by atoms with Crippen molar-refractivity contribution in [2.45, 2.75) is 221 Å². The molecule has 8 heterocycles. The molecule has 12 rings (SSSR count). The molecular weight excluding hydrogens is 1320 g/mol. The van der Waals surface area contributed by atoms with Crippen molar-refractivity contribution in [1.29, 1.82) is 0 Å². The summed E-state index contributed by atoms with van der Waals surface area (Å²) in [7, 11) is 0. The average Bonchev–Trinajstić information content (AvgIpc) is 0.803. The summed E-state index contributed by atoms with van der Waals surface area (Å²) < 4.78 is 56.9. The molecule has 0 bridgehead atoms. The number of alkyl halides is 1. The van der Waals surface area contributed by atoms with Crippen molar-refractivity contribution in [2.24, 2.45) is 11.8 Å². The fourth-order valence-electron chi connectivity index (χ4n) is 12.4. The lowest BCUT2D eigenvalue weighted by Crippen LogP contribution is -2.37. The molecule has 8 aromatic heterocycles. The average molecular weight is 1420 g/mol. The summed E-state index contributed by atoms with van der Waals surface area (Å²) in [6, 6.07) is 25.9. The molecule has 550 valence electrons. The summed E-state index contributed by atoms with van der Waals surface area (Å²) in [5.41, 5.74) is 1.81. The Morgan fingerprint density at radius 3 is 1.13 bits per heavy atom. The molecular formula is C78H95FN8O16. The monoisotopic (exact) mass is 1420 g/mol. The van der Waals surface area contributed by atoms with E-state index < -0.39 is 34.2 Å². The maximum atomic E-state index is 13.3. The van der Waals surface area contributed by atoms with Crippen LogP contribution in [0.4, 0.5) is 4.39 Å². The van der Waals surface area contributed by atoms with E-state index in [0.29, 0.717) is 109 Å². The summed E-state index contributed by atoms with van der Waals surface area (Å²) in [5, 5.41) is 1.33. The Balaban J connectivity index is 0.000000163. The summed E-state index contributed by atoms with van der Waals surface area (Å²) >= 11 is 0. The second-order valence-corrected chi connectivity index (χ2v) is 26.5. The first-order valence-electron chi connectivity index (χ1n) is 36.4. The number of hydrogen-bond acceptors (Lipinski definition) is 20. The number of nitrogens with one attached hydrogen (secondary N) is 4. The van der Waals surface area contributed by atoms with E-state index in [0.717, 1.165) is 132 Å². The molecule has 0 spiro atoms. The highest BCUT2D eigenvalue weighted by Gasteiger charge is 2.33. The van der Waals surface area contributed by atoms with E-state index in [9.17, 15) is 42.7 Å². The van der Waals surface area contributed by atoms with Gasteiger partial charge in [0.15, 0.2) is 6.17 Å². The molecule has 1 unspecified atom stereocenters. The van der Waals surface area contributed by atoms with Crippen molar-refractivity contribution in [3.8, 4) is 12.0 Å². The largest absolute Gasteiger partial charge is 0.461 e. The second kappa shape index (κ2) is 39.1. The number of benzene rings is 2. The summed E-state index contributed by atoms with van der Waals surface area (Å²) in [4.78, 5) is 124. The van der Waals surface area contributed by atoms with Crippen LogP contribution in [0.15, 0.2) is 141 Å². The number of aromatic amines is 4. The van der Waals surface area contributed by atoms with Crippen molar-refractivity contribution in [3.05, 3.63) is 213 Å². The first-order chi connectivity index (χ1) is 49.9. The van der Waals surface area contributed by atoms with Gasteiger partial charge in [0.2, 0.25) is 22.9 Å². The van der Waals surface area contributed by atoms with E-state index in [1.54, 1.807) is 0 Å². The molecule has 0 aliphatic heterocycles. The fourth-order valence-corrected chi connectivity index (χ4v) is 12.4. The first kappa shape index (κ1) is 77.4. The van der Waals surface area contributed by atoms with Gasteiger partial charge in [-0.2, -0.15) is 19.9 Å². The zero-order valence-electron chi connectivity index (χ0n) is 59.8. The maximum absolute atomic E-state index is 13.3. The minimum absolute atomic E-state index is 0.0362. The summed E-state index contributed by atoms with van der Waals surface area (Å²) in [6.07, 6.45) is 19.6. The molecule has 25 heteroatoms. The molecule has 4 N–H and O–H groups in total. The van der Waals surface area contributed by atoms with Crippen LogP contribution in [0, 0.1) is 11.8 Å². The van der Waals surface area contributed by atoms with E-state index in [2.05, 4.69) is 67.6 Å². The van der Waals surface area contributed by atoms with Crippen molar-refractivity contribution in [3.63, 3.8) is 0 Å². The molecule has 2 fully saturated rings. The van der Waals surface area contributed by atoms with Gasteiger partial charge in [-0.25, -0.2) is 23.6 Å². The van der Waals surface area contributed by atoms with Gasteiger partial charge in [0.05, 0.1) is 26.4 Å². The zero-order valence-corrected chi connectivity index (χ0v) is 59.8. The van der Waals surface area contributed by atoms with E-state index in [1.807, 2.05) is 67.6 Å². The van der Waals surface area contributed by atoms with Gasteiger partial charge in [0.25, 0.3) is 34.3 Å². The van der Waals surface area contributed by atoms with Gasteiger partial charge in [0.1, 0.15) is 45.4 Å². The molecule has 10 aromatic rings. The maximum Gasteiger partial charge on any atom is 0.337 e. The van der Waals surface area contributed by atoms with Gasteiger partial charge in [-0.15, -0.1) is 0 Å². The lowest BCUT2D eigenvalue weighted by molar-refractivity contribution is -0.00622. The van der Waals surface area contributed by atoms with Crippen LogP contribution in [-0.2, 0) is 54.8 Å². The van der Waals surface area contributed by atoms with E-state index in [-0.39, 0.29) is 75.0 Å². The SMILES string of the molecule is CCCCCCc1cc(=O)oc2nc(C(C)F)[nH]c(=O)c12.CCCCCCc1cc(=O)oc2nc(CC)[nH]c(=O)c12.CCCCCCc1cc(=O)oc2nc(OC3CC(COCc4ccccc4)C3)[nH]c(=O)c12.CCCCc1cc(=O)oc2nc(OC3CC(COCc4ccccc4)C3)[nH]c(=O)c12. The zero-order chi connectivity index (χ0) is 73.2. The normalized spacial score (nSPS) is 15.6. The number of fused-ring (bicyclic) bond motifs is 4. The minimum atomic E-state index is -1.43. The predicted molar refractivity (Wildman–Crippen MR) is 391 cm³/mol. The molecule has 2 saturated carbocycles. The van der Waals surface area contributed by atoms with Gasteiger partial charge in [0, 0.05) is 30.7 Å². The van der Waals surface area contributed by atoms with Gasteiger partial charge in [-0.05, 0) is 129 Å². The topological polar surface area (TPSA) is 341 Å². The molecule has 2 aliphatic carbocycles. The van der Waals surface area contributed by atoms with E-state index in [4.69, 9.17) is 36.6 Å². The third-order valence-electron chi connectivity index (χ3n) is 18.1. The van der Waals surface area contributed by atoms with Crippen LogP contribution in [0.2, 0.25) is 0 Å². The Bertz CT molecular complexity index is 4880. The number of hydrogen-bond donors (Lipinski definition) is 4. The lowest BCUT2D eigenvalue weighted by atomic mass is 9.83. The van der Waals surface area contributed by atoms with Crippen LogP contribution in [0.5, 0.6) is 12.0 Å². The number of H-pyrrole nitrogens is 4. The molecule has 2 aromatic carbocycles. The molecule has 103 heavy (non-hydrogen) atoms. The Morgan fingerprint density at radius 2 is 0.767 bits per heavy atom. The highest BCUT2D eigenvalue weighted by molar-refractivity contribution is 5.78. The molecule has 0 amide bonds. The first-order valence-corrected chi connectivity index (χ1v) is 36.4. The smallest absolute Gasteiger partial charge is 0.337 e. The van der Waals surface area contributed by atoms with Crippen molar-refractivity contribution in [1.82, 2.24) is 39.9 Å². The van der Waals surface area contributed by atoms with Crippen molar-refractivity contribution in [2.75, 3.05) is 13.2 Å². The number of nitrogens with zero attached hydrogens (tertiary/aromatic N) is 4. The van der Waals surface area contributed by atoms with Crippen molar-refractivity contribution < 1.29 is 41.0 Å². The number of rotatable bonds is 32. The molecule has 1 atom stereocenters. The number of aryl methyl sites for hydroxylation is 5. The van der Waals surface area contributed by atoms with Gasteiger partial charge in [-0.3, -0.25) is 29.1 Å². The van der Waals surface area contributed by atoms with Gasteiger partial charge in [-0.1, -0.05) is 159 Å². The third-order valence-corrected chi connectivity index (χ3v) is 18.1. The highest BCUT2D eigenvalue weighted by Crippen LogP contribution is 2.33. The highest BCUT2D eigenvalue weighted by atomic mass is 19.1. The molecule has 0 radical (unpaired) electrons. The van der Waals surface area contributed by atoms with Gasteiger partial charge < -0.3 is 46.6 Å². The Morgan fingerprint density at radius 1 is 0.427 bits per heavy atom. The summed E-state index contributed by atoms with van der Waals surface area (Å²) in [5.74, 6) is 1.25. The number of aromatic nitrogens is 8. The van der Waals surface area contributed by atoms with E-state index >= 15 is 0 Å². The minimum Gasteiger partial charge on any atom is -0.461 e. The van der Waals surface area contributed by atoms with Crippen LogP contribution < -0.4 is 54.2 Å². The molecule has 0 saturated heterocycles. The third kappa shape index (κ3) is 22.6. The Hall–Kier alpha value is -9.75. The number of halogens is 1. The molecule has 24 nitrogen and oxygen atoms in total. The quantitative estimate of drug-likeness (QED) is 0.0285. The number of unbranched alkanes of at least 4 members (excludes halogenated alkanes) is 10. The Labute approximate surface area is 593 Å². The van der Waals surface area contributed by atoms with Crippen LogP contribution in [0.25, 0.3) is 44.4 Å². The fraction of sp³-hybridized carbons (Fsp3) is 0.487. The summed E-state index contributed by atoms with van der Waals surface area (Å²) in [6.45, 7) is 14.1. The lowest BCUT2D eigenvalue weighted by Gasteiger charge is -2.34. The van der Waals surface area contributed by atoms with Crippen molar-refractivity contribution >= 4 is 44.4 Å². The second-order valence-electron chi connectivity index (χ2n) is 26.5. The van der Waals surface area contributed by atoms with Crippen LogP contribution in [0.3, 0.4) is 0 Å². The van der Waals surface area contributed by atoms with Crippen LogP contribution in [0.1, 0.15) is 208 Å². The molecule has 2 aliphatic rings. The van der Waals surface area contributed by atoms with E-state index in [1.165, 1.54) is 31.2 Å². The van der Waals surface area contributed by atoms with Crippen LogP contribution >= 0.6 is 0 Å². The standard InChI is InChI=1S/C25H30N2O5.C23H26N2O5.C15H19FN2O3.C15H20N2O3/c1-2-3-4-8-11-19-14-21(28)32-24-22(19)23(29)26-25(27-24)31-20-12-18(13-20)16-30-15-17-9-6-5-7-10-17;1-2-3-9-17-12-19(26)30-22-20(17)21(27)24-23(25-22)29-18-10-16(11-18)14-28-13-15-7-5-4-6-8-15;1-3-4-5-6-7-10-8-11(19)21-15-12(10)14(20)17-13(18-15)9(2)16;1-3-5-6-7-8-10-9-12(18)20-15-13(10)14(19)16-11(4-2)17-15/h5-7,9-10,14,18,20H,2-4,8,11-13,15-16H2,1H3,(H,26,27,29);4-8,12,16,18H,2-3,9-11,13-14H2,1H3,(H,24,25,27);8-9H,3-7H2,1-2H3,(H,17,18,20);9H,3-8H2,1-2H3,(H,16,17,19).